The number of halogens is 2. The highest BCUT2D eigenvalue weighted by atomic mass is 35.5. The molecule has 0 bridgehead atoms. The van der Waals surface area contributed by atoms with Gasteiger partial charge in [-0.2, -0.15) is 16.8 Å². The van der Waals surface area contributed by atoms with Crippen LogP contribution in [0, 0.1) is 0 Å². The minimum Gasteiger partial charge on any atom is -0.263 e. The van der Waals surface area contributed by atoms with Crippen molar-refractivity contribution in [2.24, 2.45) is 0 Å². The number of hydrogen-bond acceptors (Lipinski definition) is 5. The molecule has 0 aromatic carbocycles. The van der Waals surface area contributed by atoms with Crippen LogP contribution in [0.1, 0.15) is 0 Å². The minimum atomic E-state index is -5.12. The SMILES string of the molecule is Cl.Cl.O=S(=O)(O)OS(=O)(=O)O. The molecule has 0 aliphatic carbocycles. The molecule has 0 rings (SSSR count). The van der Waals surface area contributed by atoms with Crippen LogP contribution in [-0.2, 0) is 24.4 Å². The predicted molar refractivity (Wildman–Crippen MR) is 38.7 cm³/mol. The molecular weight excluding hydrogens is 247 g/mol. The Hall–Kier alpha value is 0.360. The lowest BCUT2D eigenvalue weighted by molar-refractivity contribution is 0.344. The Balaban J connectivity index is -0.000000320. The zero-order valence-electron chi connectivity index (χ0n) is 4.57. The minimum absolute atomic E-state index is 0. The summed E-state index contributed by atoms with van der Waals surface area (Å²) in [7, 11) is -10.2. The molecule has 0 aliphatic heterocycles. The van der Waals surface area contributed by atoms with E-state index in [1.165, 1.54) is 0 Å². The quantitative estimate of drug-likeness (QED) is 0.632. The van der Waals surface area contributed by atoms with E-state index in [9.17, 15) is 16.8 Å². The van der Waals surface area contributed by atoms with E-state index in [2.05, 4.69) is 3.63 Å². The second kappa shape index (κ2) is 5.09. The molecule has 0 fully saturated rings. The Kier molecular flexibility index (Phi) is 8.06. The van der Waals surface area contributed by atoms with Gasteiger partial charge >= 0.3 is 20.8 Å². The first-order valence-corrected chi connectivity index (χ1v) is 4.10. The maximum atomic E-state index is 9.44. The summed E-state index contributed by atoms with van der Waals surface area (Å²) in [5.74, 6) is 0. The van der Waals surface area contributed by atoms with Crippen molar-refractivity contribution in [2.75, 3.05) is 0 Å². The van der Waals surface area contributed by atoms with Gasteiger partial charge in [0.15, 0.2) is 0 Å². The molecule has 0 heterocycles. The first-order chi connectivity index (χ1) is 3.71. The van der Waals surface area contributed by atoms with E-state index in [0.717, 1.165) is 0 Å². The van der Waals surface area contributed by atoms with Gasteiger partial charge in [0, 0.05) is 0 Å². The van der Waals surface area contributed by atoms with Gasteiger partial charge in [-0.15, -0.1) is 28.4 Å². The Morgan fingerprint density at radius 3 is 1.00 bits per heavy atom. The van der Waals surface area contributed by atoms with Crippen LogP contribution in [0.25, 0.3) is 0 Å². The van der Waals surface area contributed by atoms with Gasteiger partial charge in [-0.05, 0) is 0 Å². The van der Waals surface area contributed by atoms with Crippen LogP contribution in [0.5, 0.6) is 0 Å². The lowest BCUT2D eigenvalue weighted by Gasteiger charge is -1.89. The lowest BCUT2D eigenvalue weighted by Crippen LogP contribution is -2.10. The van der Waals surface area contributed by atoms with Crippen LogP contribution in [0.3, 0.4) is 0 Å². The summed E-state index contributed by atoms with van der Waals surface area (Å²) in [6.45, 7) is 0. The molecule has 2 N–H and O–H groups in total. The predicted octanol–water partition coefficient (Wildman–Crippen LogP) is -0.548. The van der Waals surface area contributed by atoms with Crippen molar-refractivity contribution in [1.29, 1.82) is 0 Å². The highest BCUT2D eigenvalue weighted by Crippen LogP contribution is 1.91. The molecule has 0 aromatic heterocycles. The third kappa shape index (κ3) is 17.9. The maximum Gasteiger partial charge on any atom is 0.413 e. The molecular formula is H4Cl2O7S2. The molecule has 0 radical (unpaired) electrons. The number of rotatable bonds is 2. The molecule has 0 aliphatic rings. The van der Waals surface area contributed by atoms with Gasteiger partial charge in [0.25, 0.3) is 0 Å². The van der Waals surface area contributed by atoms with Crippen molar-refractivity contribution in [1.82, 2.24) is 0 Å². The van der Waals surface area contributed by atoms with Crippen LogP contribution in [-0.4, -0.2) is 25.9 Å². The fraction of sp³-hybridized carbons (Fsp3) is 0. The largest absolute Gasteiger partial charge is 0.413 e. The second-order valence-corrected chi connectivity index (χ2v) is 3.18. The van der Waals surface area contributed by atoms with E-state index in [-0.39, 0.29) is 24.8 Å². The van der Waals surface area contributed by atoms with Gasteiger partial charge in [0.2, 0.25) is 0 Å². The summed E-state index contributed by atoms with van der Waals surface area (Å²) in [6, 6.07) is 0. The van der Waals surface area contributed by atoms with Gasteiger partial charge in [0.05, 0.1) is 0 Å². The van der Waals surface area contributed by atoms with Crippen molar-refractivity contribution in [3.63, 3.8) is 0 Å². The van der Waals surface area contributed by atoms with E-state index in [0.29, 0.717) is 0 Å². The third-order valence-electron chi connectivity index (χ3n) is 0.172. The van der Waals surface area contributed by atoms with Crippen molar-refractivity contribution in [2.45, 2.75) is 0 Å². The molecule has 0 saturated heterocycles. The van der Waals surface area contributed by atoms with Gasteiger partial charge in [-0.3, -0.25) is 9.11 Å². The Bertz CT molecular complexity index is 240. The van der Waals surface area contributed by atoms with E-state index >= 15 is 0 Å². The average Bonchev–Trinajstić information content (AvgIpc) is 1.14. The molecule has 11 heteroatoms. The smallest absolute Gasteiger partial charge is 0.263 e. The average molecular weight is 251 g/mol. The standard InChI is InChI=1S/2ClH.H2O7S2/c;;1-8(2,3)7-9(4,5)6/h2*1H;(H,1,2,3)(H,4,5,6). The molecule has 0 saturated carbocycles. The molecule has 0 unspecified atom stereocenters. The van der Waals surface area contributed by atoms with Crippen LogP contribution >= 0.6 is 24.8 Å². The molecule has 0 aromatic rings. The van der Waals surface area contributed by atoms with Crippen LogP contribution < -0.4 is 0 Å². The van der Waals surface area contributed by atoms with Crippen molar-refractivity contribution >= 4 is 45.6 Å². The van der Waals surface area contributed by atoms with Gasteiger partial charge in [-0.1, -0.05) is 0 Å². The van der Waals surface area contributed by atoms with Crippen molar-refractivity contribution in [3.05, 3.63) is 0 Å². The van der Waals surface area contributed by atoms with Gasteiger partial charge in [0.1, 0.15) is 0 Å². The Morgan fingerprint density at radius 2 is 1.00 bits per heavy atom. The summed E-state index contributed by atoms with van der Waals surface area (Å²) in [5, 5.41) is 0. The molecule has 0 atom stereocenters. The topological polar surface area (TPSA) is 118 Å². The third-order valence-corrected chi connectivity index (χ3v) is 1.55. The van der Waals surface area contributed by atoms with E-state index in [4.69, 9.17) is 9.11 Å². The van der Waals surface area contributed by atoms with Gasteiger partial charge in [-0.25, -0.2) is 0 Å². The Morgan fingerprint density at radius 1 is 0.818 bits per heavy atom. The van der Waals surface area contributed by atoms with E-state index in [1.54, 1.807) is 0 Å². The fourth-order valence-corrected chi connectivity index (χ4v) is 0.978. The molecule has 72 valence electrons. The second-order valence-electron chi connectivity index (χ2n) is 0.924. The van der Waals surface area contributed by atoms with E-state index < -0.39 is 20.8 Å². The van der Waals surface area contributed by atoms with Crippen molar-refractivity contribution in [3.8, 4) is 0 Å². The van der Waals surface area contributed by atoms with Crippen LogP contribution in [0.2, 0.25) is 0 Å². The first kappa shape index (κ1) is 17.4. The highest BCUT2D eigenvalue weighted by molar-refractivity contribution is 7.94. The monoisotopic (exact) mass is 250 g/mol. The maximum absolute atomic E-state index is 9.44. The fourth-order valence-electron chi connectivity index (χ4n) is 0.109. The molecule has 7 nitrogen and oxygen atoms in total. The summed E-state index contributed by atoms with van der Waals surface area (Å²) in [6.07, 6.45) is 0. The summed E-state index contributed by atoms with van der Waals surface area (Å²) >= 11 is 0. The van der Waals surface area contributed by atoms with Gasteiger partial charge < -0.3 is 0 Å². The molecule has 0 amide bonds. The van der Waals surface area contributed by atoms with Crippen LogP contribution in [0.15, 0.2) is 0 Å². The summed E-state index contributed by atoms with van der Waals surface area (Å²) < 4.78 is 55.6. The van der Waals surface area contributed by atoms with Crippen molar-refractivity contribution < 1.29 is 29.6 Å². The van der Waals surface area contributed by atoms with Crippen LogP contribution in [0.4, 0.5) is 0 Å². The first-order valence-electron chi connectivity index (χ1n) is 1.37. The molecule has 0 spiro atoms. The number of hydrogen-bond donors (Lipinski definition) is 2. The summed E-state index contributed by atoms with van der Waals surface area (Å²) in [4.78, 5) is 0. The van der Waals surface area contributed by atoms with E-state index in [1.807, 2.05) is 0 Å². The Labute approximate surface area is 75.5 Å². The lowest BCUT2D eigenvalue weighted by atomic mass is 15.8. The normalized spacial score (nSPS) is 11.1. The molecule has 11 heavy (non-hydrogen) atoms. The zero-order valence-corrected chi connectivity index (χ0v) is 7.83. The zero-order chi connectivity index (χ0) is 7.71. The summed E-state index contributed by atoms with van der Waals surface area (Å²) in [5.41, 5.74) is 0. The highest BCUT2D eigenvalue weighted by Gasteiger charge is 2.15.